The predicted molar refractivity (Wildman–Crippen MR) is 83.3 cm³/mol. The molecule has 0 unspecified atom stereocenters. The van der Waals surface area contributed by atoms with Crippen molar-refractivity contribution < 1.29 is 4.79 Å². The van der Waals surface area contributed by atoms with Crippen molar-refractivity contribution in [3.63, 3.8) is 0 Å². The quantitative estimate of drug-likeness (QED) is 0.724. The monoisotopic (exact) mass is 343 g/mol. The Labute approximate surface area is 128 Å². The molecular formula is C15H19BrClNO. The molecule has 0 aromatic heterocycles. The van der Waals surface area contributed by atoms with E-state index < -0.39 is 0 Å². The molecule has 0 bridgehead atoms. The zero-order valence-corrected chi connectivity index (χ0v) is 13.5. The lowest BCUT2D eigenvalue weighted by Crippen LogP contribution is -2.45. The van der Waals surface area contributed by atoms with Gasteiger partial charge in [0.15, 0.2) is 0 Å². The topological polar surface area (TPSA) is 20.3 Å². The number of amides is 1. The van der Waals surface area contributed by atoms with Crippen molar-refractivity contribution in [1.29, 1.82) is 0 Å². The molecule has 0 radical (unpaired) electrons. The van der Waals surface area contributed by atoms with E-state index in [1.165, 1.54) is 6.42 Å². The number of benzene rings is 1. The fourth-order valence-electron chi connectivity index (χ4n) is 2.37. The van der Waals surface area contributed by atoms with Crippen LogP contribution in [0.15, 0.2) is 18.2 Å². The van der Waals surface area contributed by atoms with E-state index in [0.29, 0.717) is 11.1 Å². The summed E-state index contributed by atoms with van der Waals surface area (Å²) in [6.45, 7) is 2.74. The maximum absolute atomic E-state index is 12.7. The zero-order valence-electron chi connectivity index (χ0n) is 11.2. The first-order valence-electron chi connectivity index (χ1n) is 6.77. The summed E-state index contributed by atoms with van der Waals surface area (Å²) in [6, 6.07) is 5.99. The van der Waals surface area contributed by atoms with E-state index in [0.717, 1.165) is 42.3 Å². The average Bonchev–Trinajstić information content (AvgIpc) is 2.34. The van der Waals surface area contributed by atoms with Crippen molar-refractivity contribution >= 4 is 33.4 Å². The Kier molecular flexibility index (Phi) is 5.28. The minimum atomic E-state index is 0.130. The molecule has 0 aliphatic heterocycles. The van der Waals surface area contributed by atoms with E-state index in [2.05, 4.69) is 15.9 Å². The Hall–Kier alpha value is -0.540. The molecule has 0 heterocycles. The molecule has 2 nitrogen and oxygen atoms in total. The third-order valence-corrected chi connectivity index (χ3v) is 4.78. The molecule has 104 valence electrons. The number of rotatable bonds is 5. The second-order valence-corrected chi connectivity index (χ2v) is 6.24. The third-order valence-electron chi connectivity index (χ3n) is 3.81. The molecule has 1 aliphatic rings. The molecule has 1 amide bonds. The Morgan fingerprint density at radius 2 is 2.21 bits per heavy atom. The minimum absolute atomic E-state index is 0.130. The van der Waals surface area contributed by atoms with Crippen molar-refractivity contribution in [2.45, 2.75) is 38.6 Å². The molecule has 4 heteroatoms. The van der Waals surface area contributed by atoms with E-state index >= 15 is 0 Å². The van der Waals surface area contributed by atoms with Crippen LogP contribution in [0, 0.1) is 6.92 Å². The van der Waals surface area contributed by atoms with Crippen LogP contribution in [0.1, 0.15) is 41.6 Å². The van der Waals surface area contributed by atoms with Crippen LogP contribution in [-0.2, 0) is 0 Å². The van der Waals surface area contributed by atoms with Crippen molar-refractivity contribution in [1.82, 2.24) is 4.90 Å². The Morgan fingerprint density at radius 1 is 1.47 bits per heavy atom. The second kappa shape index (κ2) is 6.76. The van der Waals surface area contributed by atoms with Gasteiger partial charge in [-0.3, -0.25) is 4.79 Å². The summed E-state index contributed by atoms with van der Waals surface area (Å²) >= 11 is 9.56. The van der Waals surface area contributed by atoms with Gasteiger partial charge in [0.05, 0.1) is 0 Å². The molecule has 0 N–H and O–H groups in total. The van der Waals surface area contributed by atoms with E-state index in [1.807, 2.05) is 30.0 Å². The van der Waals surface area contributed by atoms with E-state index in [-0.39, 0.29) is 5.91 Å². The van der Waals surface area contributed by atoms with Gasteiger partial charge in [-0.1, -0.05) is 33.6 Å². The summed E-state index contributed by atoms with van der Waals surface area (Å²) in [6.07, 6.45) is 4.49. The van der Waals surface area contributed by atoms with Crippen molar-refractivity contribution in [2.24, 2.45) is 0 Å². The normalized spacial score (nSPS) is 15.1. The zero-order chi connectivity index (χ0) is 13.8. The molecule has 0 saturated heterocycles. The maximum atomic E-state index is 12.7. The van der Waals surface area contributed by atoms with Gasteiger partial charge >= 0.3 is 0 Å². The summed E-state index contributed by atoms with van der Waals surface area (Å²) < 4.78 is 0. The molecule has 1 aromatic rings. The highest BCUT2D eigenvalue weighted by Crippen LogP contribution is 2.28. The van der Waals surface area contributed by atoms with Crippen LogP contribution in [0.5, 0.6) is 0 Å². The van der Waals surface area contributed by atoms with Crippen molar-refractivity contribution in [2.75, 3.05) is 11.9 Å². The lowest BCUT2D eigenvalue weighted by Gasteiger charge is -2.38. The third kappa shape index (κ3) is 3.32. The molecular weight excluding hydrogens is 326 g/mol. The highest BCUT2D eigenvalue weighted by molar-refractivity contribution is 9.09. The number of carbonyl (C=O) groups is 1. The number of hydrogen-bond donors (Lipinski definition) is 0. The standard InChI is InChI=1S/C15H19BrClNO/c1-11-13(7-3-8-14(11)17)15(19)18(10-4-9-16)12-5-2-6-12/h3,7-8,12H,2,4-6,9-10H2,1H3. The van der Waals surface area contributed by atoms with Crippen LogP contribution >= 0.6 is 27.5 Å². The first-order chi connectivity index (χ1) is 9.15. The summed E-state index contributed by atoms with van der Waals surface area (Å²) in [5.41, 5.74) is 1.63. The summed E-state index contributed by atoms with van der Waals surface area (Å²) in [7, 11) is 0. The highest BCUT2D eigenvalue weighted by atomic mass is 79.9. The molecule has 0 spiro atoms. The second-order valence-electron chi connectivity index (χ2n) is 5.04. The minimum Gasteiger partial charge on any atom is -0.336 e. The van der Waals surface area contributed by atoms with Gasteiger partial charge in [0, 0.05) is 28.5 Å². The van der Waals surface area contributed by atoms with Gasteiger partial charge in [0.1, 0.15) is 0 Å². The first-order valence-corrected chi connectivity index (χ1v) is 8.27. The molecule has 1 aliphatic carbocycles. The Balaban J connectivity index is 2.20. The Morgan fingerprint density at radius 3 is 2.79 bits per heavy atom. The fraction of sp³-hybridized carbons (Fsp3) is 0.533. The van der Waals surface area contributed by atoms with Crippen molar-refractivity contribution in [3.8, 4) is 0 Å². The van der Waals surface area contributed by atoms with E-state index in [9.17, 15) is 4.79 Å². The van der Waals surface area contributed by atoms with Crippen LogP contribution in [-0.4, -0.2) is 28.7 Å². The van der Waals surface area contributed by atoms with Gasteiger partial charge in [0.2, 0.25) is 0 Å². The van der Waals surface area contributed by atoms with Gasteiger partial charge in [-0.05, 0) is 50.3 Å². The lowest BCUT2D eigenvalue weighted by atomic mass is 9.90. The van der Waals surface area contributed by atoms with Gasteiger partial charge in [-0.15, -0.1) is 0 Å². The van der Waals surface area contributed by atoms with E-state index in [1.54, 1.807) is 0 Å². The van der Waals surface area contributed by atoms with Crippen molar-refractivity contribution in [3.05, 3.63) is 34.3 Å². The van der Waals surface area contributed by atoms with Gasteiger partial charge < -0.3 is 4.90 Å². The number of halogens is 2. The van der Waals surface area contributed by atoms with Gasteiger partial charge in [-0.2, -0.15) is 0 Å². The number of alkyl halides is 1. The van der Waals surface area contributed by atoms with Crippen LogP contribution in [0.4, 0.5) is 0 Å². The van der Waals surface area contributed by atoms with Crippen LogP contribution in [0.3, 0.4) is 0 Å². The molecule has 1 saturated carbocycles. The molecule has 19 heavy (non-hydrogen) atoms. The molecule has 1 aromatic carbocycles. The molecule has 2 rings (SSSR count). The van der Waals surface area contributed by atoms with Crippen LogP contribution in [0.25, 0.3) is 0 Å². The summed E-state index contributed by atoms with van der Waals surface area (Å²) in [5.74, 6) is 0.130. The smallest absolute Gasteiger partial charge is 0.254 e. The number of hydrogen-bond acceptors (Lipinski definition) is 1. The first kappa shape index (κ1) is 14.9. The van der Waals surface area contributed by atoms with Crippen LogP contribution < -0.4 is 0 Å². The predicted octanol–water partition coefficient (Wildman–Crippen LogP) is 4.43. The highest BCUT2D eigenvalue weighted by Gasteiger charge is 2.29. The maximum Gasteiger partial charge on any atom is 0.254 e. The number of nitrogens with zero attached hydrogens (tertiary/aromatic N) is 1. The summed E-state index contributed by atoms with van der Waals surface area (Å²) in [5, 5.41) is 1.60. The fourth-order valence-corrected chi connectivity index (χ4v) is 2.80. The largest absolute Gasteiger partial charge is 0.336 e. The van der Waals surface area contributed by atoms with Gasteiger partial charge in [-0.25, -0.2) is 0 Å². The number of carbonyl (C=O) groups excluding carboxylic acids is 1. The summed E-state index contributed by atoms with van der Waals surface area (Å²) in [4.78, 5) is 14.7. The Bertz CT molecular complexity index is 459. The molecule has 1 fully saturated rings. The SMILES string of the molecule is Cc1c(Cl)cccc1C(=O)N(CCCBr)C1CCC1. The average molecular weight is 345 g/mol. The lowest BCUT2D eigenvalue weighted by molar-refractivity contribution is 0.0580. The van der Waals surface area contributed by atoms with Crippen LogP contribution in [0.2, 0.25) is 5.02 Å². The molecule has 0 atom stereocenters. The van der Waals surface area contributed by atoms with Gasteiger partial charge in [0.25, 0.3) is 5.91 Å². The van der Waals surface area contributed by atoms with E-state index in [4.69, 9.17) is 11.6 Å².